The predicted octanol–water partition coefficient (Wildman–Crippen LogP) is 2.60. The van der Waals surface area contributed by atoms with Gasteiger partial charge in [-0.3, -0.25) is 0 Å². The number of rotatable bonds is 4. The molecule has 3 aromatic rings. The number of anilines is 1. The molecule has 21 heavy (non-hydrogen) atoms. The number of aromatic nitrogens is 2. The maximum atomic E-state index is 9.44. The Morgan fingerprint density at radius 1 is 1.14 bits per heavy atom. The zero-order valence-electron chi connectivity index (χ0n) is 11.1. The number of nitrogens with zero attached hydrogens (tertiary/aromatic N) is 2. The second-order valence-electron chi connectivity index (χ2n) is 4.42. The minimum Gasteiger partial charge on any atom is -0.508 e. The fourth-order valence-electron chi connectivity index (χ4n) is 1.83. The van der Waals surface area contributed by atoms with Crippen molar-refractivity contribution >= 4 is 5.69 Å². The molecule has 6 nitrogen and oxygen atoms in total. The van der Waals surface area contributed by atoms with Crippen LogP contribution in [0.3, 0.4) is 0 Å². The van der Waals surface area contributed by atoms with E-state index >= 15 is 0 Å². The number of hydrogen-bond acceptors (Lipinski definition) is 6. The van der Waals surface area contributed by atoms with E-state index in [2.05, 4.69) is 10.1 Å². The molecule has 0 radical (unpaired) electrons. The molecule has 0 saturated heterocycles. The van der Waals surface area contributed by atoms with Gasteiger partial charge in [-0.05, 0) is 24.3 Å². The summed E-state index contributed by atoms with van der Waals surface area (Å²) in [6, 6.07) is 13.7. The lowest BCUT2D eigenvalue weighted by Crippen LogP contribution is -1.96. The SMILES string of the molecule is Nc1cccc(OCc2nc(-c3cccc(O)c3)no2)c1. The molecule has 0 spiro atoms. The van der Waals surface area contributed by atoms with Crippen LogP contribution >= 0.6 is 0 Å². The Hall–Kier alpha value is -3.02. The quantitative estimate of drug-likeness (QED) is 0.715. The van der Waals surface area contributed by atoms with E-state index in [4.69, 9.17) is 15.0 Å². The van der Waals surface area contributed by atoms with Crippen LogP contribution in [0.4, 0.5) is 5.69 Å². The van der Waals surface area contributed by atoms with Crippen LogP contribution < -0.4 is 10.5 Å². The smallest absolute Gasteiger partial charge is 0.264 e. The molecule has 0 bridgehead atoms. The molecule has 0 aliphatic heterocycles. The van der Waals surface area contributed by atoms with Crippen molar-refractivity contribution in [1.82, 2.24) is 10.1 Å². The van der Waals surface area contributed by atoms with Crippen LogP contribution in [0, 0.1) is 0 Å². The molecular formula is C15H13N3O3. The largest absolute Gasteiger partial charge is 0.508 e. The predicted molar refractivity (Wildman–Crippen MR) is 76.6 cm³/mol. The average molecular weight is 283 g/mol. The highest BCUT2D eigenvalue weighted by atomic mass is 16.5. The first-order valence-electron chi connectivity index (χ1n) is 6.31. The van der Waals surface area contributed by atoms with Crippen molar-refractivity contribution in [3.8, 4) is 22.9 Å². The minimum atomic E-state index is 0.148. The number of ether oxygens (including phenoxy) is 1. The molecule has 0 aliphatic carbocycles. The summed E-state index contributed by atoms with van der Waals surface area (Å²) in [6.07, 6.45) is 0. The molecule has 6 heteroatoms. The van der Waals surface area contributed by atoms with Crippen molar-refractivity contribution in [3.63, 3.8) is 0 Å². The minimum absolute atomic E-state index is 0.148. The fraction of sp³-hybridized carbons (Fsp3) is 0.0667. The molecule has 3 N–H and O–H groups in total. The molecule has 1 heterocycles. The Balaban J connectivity index is 1.71. The Morgan fingerprint density at radius 2 is 2.00 bits per heavy atom. The van der Waals surface area contributed by atoms with Crippen LogP contribution in [0.1, 0.15) is 5.89 Å². The summed E-state index contributed by atoms with van der Waals surface area (Å²) in [5, 5.41) is 13.3. The lowest BCUT2D eigenvalue weighted by atomic mass is 10.2. The number of phenols is 1. The highest BCUT2D eigenvalue weighted by Gasteiger charge is 2.09. The molecule has 3 rings (SSSR count). The summed E-state index contributed by atoms with van der Waals surface area (Å²) in [6.45, 7) is 0.148. The van der Waals surface area contributed by atoms with Crippen LogP contribution in [0.15, 0.2) is 53.1 Å². The molecule has 0 aliphatic rings. The maximum Gasteiger partial charge on any atom is 0.264 e. The van der Waals surface area contributed by atoms with Gasteiger partial charge in [-0.25, -0.2) is 0 Å². The molecule has 0 atom stereocenters. The van der Waals surface area contributed by atoms with E-state index in [-0.39, 0.29) is 12.4 Å². The van der Waals surface area contributed by atoms with Crippen molar-refractivity contribution in [2.24, 2.45) is 0 Å². The summed E-state index contributed by atoms with van der Waals surface area (Å²) < 4.78 is 10.6. The van der Waals surface area contributed by atoms with Gasteiger partial charge in [0.1, 0.15) is 11.5 Å². The first-order chi connectivity index (χ1) is 10.2. The first kappa shape index (κ1) is 13.0. The standard InChI is InChI=1S/C15H13N3O3/c16-11-4-2-6-13(8-11)20-9-14-17-15(18-21-14)10-3-1-5-12(19)7-10/h1-8,19H,9,16H2. The third-order valence-corrected chi connectivity index (χ3v) is 2.79. The fourth-order valence-corrected chi connectivity index (χ4v) is 1.83. The van der Waals surface area contributed by atoms with Crippen LogP contribution in [0.5, 0.6) is 11.5 Å². The van der Waals surface area contributed by atoms with Crippen molar-refractivity contribution in [2.75, 3.05) is 5.73 Å². The van der Waals surface area contributed by atoms with Crippen molar-refractivity contribution in [3.05, 3.63) is 54.4 Å². The molecule has 1 aromatic heterocycles. The molecule has 2 aromatic carbocycles. The molecule has 0 saturated carbocycles. The summed E-state index contributed by atoms with van der Waals surface area (Å²) >= 11 is 0. The maximum absolute atomic E-state index is 9.44. The van der Waals surface area contributed by atoms with Crippen LogP contribution in [0.2, 0.25) is 0 Å². The van der Waals surface area contributed by atoms with Crippen molar-refractivity contribution < 1.29 is 14.4 Å². The topological polar surface area (TPSA) is 94.4 Å². The number of nitrogen functional groups attached to an aromatic ring is 1. The van der Waals surface area contributed by atoms with Gasteiger partial charge in [0.2, 0.25) is 5.82 Å². The van der Waals surface area contributed by atoms with E-state index in [0.29, 0.717) is 28.7 Å². The number of aromatic hydroxyl groups is 1. The molecular weight excluding hydrogens is 270 g/mol. The Labute approximate surface area is 120 Å². The molecule has 106 valence electrons. The number of benzene rings is 2. The lowest BCUT2D eigenvalue weighted by molar-refractivity contribution is 0.243. The van der Waals surface area contributed by atoms with E-state index in [0.717, 1.165) is 0 Å². The zero-order valence-corrected chi connectivity index (χ0v) is 11.1. The van der Waals surface area contributed by atoms with E-state index in [9.17, 15) is 5.11 Å². The Kier molecular flexibility index (Phi) is 3.42. The third kappa shape index (κ3) is 3.11. The van der Waals surface area contributed by atoms with Gasteiger partial charge in [-0.15, -0.1) is 0 Å². The third-order valence-electron chi connectivity index (χ3n) is 2.79. The number of phenolic OH excluding ortho intramolecular Hbond substituents is 1. The van der Waals surface area contributed by atoms with Crippen LogP contribution in [-0.4, -0.2) is 15.2 Å². The molecule has 0 amide bonds. The van der Waals surface area contributed by atoms with Gasteiger partial charge < -0.3 is 20.1 Å². The zero-order chi connectivity index (χ0) is 14.7. The number of nitrogens with two attached hydrogens (primary N) is 1. The summed E-state index contributed by atoms with van der Waals surface area (Å²) in [5.41, 5.74) is 6.97. The Morgan fingerprint density at radius 3 is 2.81 bits per heavy atom. The van der Waals surface area contributed by atoms with E-state index in [1.54, 1.807) is 48.5 Å². The second-order valence-corrected chi connectivity index (χ2v) is 4.42. The van der Waals surface area contributed by atoms with Crippen LogP contribution in [-0.2, 0) is 6.61 Å². The monoisotopic (exact) mass is 283 g/mol. The van der Waals surface area contributed by atoms with Gasteiger partial charge in [-0.1, -0.05) is 23.4 Å². The second kappa shape index (κ2) is 5.54. The molecule has 0 fully saturated rings. The van der Waals surface area contributed by atoms with Gasteiger partial charge in [-0.2, -0.15) is 4.98 Å². The van der Waals surface area contributed by atoms with Crippen molar-refractivity contribution in [1.29, 1.82) is 0 Å². The highest BCUT2D eigenvalue weighted by Crippen LogP contribution is 2.21. The van der Waals surface area contributed by atoms with Gasteiger partial charge in [0.05, 0.1) is 0 Å². The van der Waals surface area contributed by atoms with E-state index < -0.39 is 0 Å². The lowest BCUT2D eigenvalue weighted by Gasteiger charge is -2.03. The Bertz CT molecular complexity index is 755. The van der Waals surface area contributed by atoms with E-state index in [1.165, 1.54) is 0 Å². The van der Waals surface area contributed by atoms with Gasteiger partial charge in [0, 0.05) is 17.3 Å². The summed E-state index contributed by atoms with van der Waals surface area (Å²) in [7, 11) is 0. The molecule has 0 unspecified atom stereocenters. The van der Waals surface area contributed by atoms with Crippen LogP contribution in [0.25, 0.3) is 11.4 Å². The highest BCUT2D eigenvalue weighted by molar-refractivity contribution is 5.56. The van der Waals surface area contributed by atoms with Gasteiger partial charge >= 0.3 is 0 Å². The van der Waals surface area contributed by atoms with Crippen molar-refractivity contribution in [2.45, 2.75) is 6.61 Å². The normalized spacial score (nSPS) is 10.5. The van der Waals surface area contributed by atoms with Gasteiger partial charge in [0.25, 0.3) is 5.89 Å². The average Bonchev–Trinajstić information content (AvgIpc) is 2.94. The summed E-state index contributed by atoms with van der Waals surface area (Å²) in [4.78, 5) is 4.21. The summed E-state index contributed by atoms with van der Waals surface area (Å²) in [5.74, 6) is 1.52. The van der Waals surface area contributed by atoms with E-state index in [1.807, 2.05) is 0 Å². The number of hydrogen-bond donors (Lipinski definition) is 2. The van der Waals surface area contributed by atoms with Gasteiger partial charge in [0.15, 0.2) is 6.61 Å². The first-order valence-corrected chi connectivity index (χ1v) is 6.31.